The van der Waals surface area contributed by atoms with Gasteiger partial charge in [0.15, 0.2) is 11.5 Å². The van der Waals surface area contributed by atoms with Crippen LogP contribution >= 0.6 is 13.5 Å². The van der Waals surface area contributed by atoms with Crippen molar-refractivity contribution in [1.82, 2.24) is 0 Å². The van der Waals surface area contributed by atoms with E-state index in [4.69, 9.17) is 4.74 Å². The summed E-state index contributed by atoms with van der Waals surface area (Å²) >= 11 is 0. The fourth-order valence-electron chi connectivity index (χ4n) is 0.611. The first-order valence-corrected chi connectivity index (χ1v) is 2.24. The fourth-order valence-corrected chi connectivity index (χ4v) is 0.611. The third-order valence-corrected chi connectivity index (χ3v) is 1.03. The van der Waals surface area contributed by atoms with E-state index in [-0.39, 0.29) is 13.5 Å². The second-order valence-electron chi connectivity index (χ2n) is 1.55. The first-order valence-electron chi connectivity index (χ1n) is 2.24. The summed E-state index contributed by atoms with van der Waals surface area (Å²) in [5.41, 5.74) is 0. The molecule has 0 N–H and O–H groups in total. The molecule has 8 heavy (non-hydrogen) atoms. The number of hydrogen-bond acceptors (Lipinski definition) is 1. The quantitative estimate of drug-likeness (QED) is 0.491. The third kappa shape index (κ3) is 0.670. The Kier molecular flexibility index (Phi) is 1.18. The molecule has 0 saturated carbocycles. The second-order valence-corrected chi connectivity index (χ2v) is 1.55. The zero-order valence-corrected chi connectivity index (χ0v) is 5.22. The highest BCUT2D eigenvalue weighted by molar-refractivity contribution is 7.59. The Morgan fingerprint density at radius 1 is 1.00 bits per heavy atom. The maximum absolute atomic E-state index is 4.94. The van der Waals surface area contributed by atoms with Crippen LogP contribution in [0, 0.1) is 0 Å². The molecule has 0 unspecified atom stereocenters. The number of rotatable bonds is 0. The Morgan fingerprint density at radius 2 is 1.50 bits per heavy atom. The van der Waals surface area contributed by atoms with Crippen molar-refractivity contribution in [2.75, 3.05) is 0 Å². The zero-order chi connectivity index (χ0) is 4.69. The van der Waals surface area contributed by atoms with E-state index in [0.717, 1.165) is 11.5 Å². The molecule has 1 heterocycles. The van der Waals surface area contributed by atoms with Crippen LogP contribution < -0.4 is 4.74 Å². The molecule has 2 heteroatoms. The summed E-state index contributed by atoms with van der Waals surface area (Å²) in [7, 11) is 0. The summed E-state index contributed by atoms with van der Waals surface area (Å²) < 4.78 is 4.94. The van der Waals surface area contributed by atoms with Crippen molar-refractivity contribution in [2.24, 2.45) is 0 Å². The Balaban J connectivity index is 0.000000320. The van der Waals surface area contributed by atoms with Crippen LogP contribution in [0.1, 0.15) is 0 Å². The molecular weight excluding hydrogens is 120 g/mol. The van der Waals surface area contributed by atoms with Gasteiger partial charge in [-0.1, -0.05) is 12.1 Å². The number of para-hydroxylation sites is 2. The van der Waals surface area contributed by atoms with Crippen LogP contribution in [0.2, 0.25) is 0 Å². The summed E-state index contributed by atoms with van der Waals surface area (Å²) in [6, 6.07) is 7.84. The number of hydrogen-bond donors (Lipinski definition) is 0. The smallest absolute Gasteiger partial charge is 0.170 e. The first-order chi connectivity index (χ1) is 3.47. The third-order valence-electron chi connectivity index (χ3n) is 1.03. The summed E-state index contributed by atoms with van der Waals surface area (Å²) in [6.07, 6.45) is 0. The predicted octanol–water partition coefficient (Wildman–Crippen LogP) is 1.91. The highest BCUT2D eigenvalue weighted by Gasteiger charge is 2.15. The normalized spacial score (nSPS) is 10.5. The Bertz CT molecular complexity index is 176. The van der Waals surface area contributed by atoms with E-state index in [0.29, 0.717) is 0 Å². The van der Waals surface area contributed by atoms with Crippen LogP contribution in [-0.2, 0) is 0 Å². The van der Waals surface area contributed by atoms with E-state index in [1.165, 1.54) is 0 Å². The lowest BCUT2D eigenvalue weighted by Gasteiger charge is -1.61. The van der Waals surface area contributed by atoms with E-state index < -0.39 is 0 Å². The van der Waals surface area contributed by atoms with Crippen LogP contribution in [0.25, 0.3) is 0 Å². The summed E-state index contributed by atoms with van der Waals surface area (Å²) in [6.45, 7) is 0. The van der Waals surface area contributed by atoms with Crippen molar-refractivity contribution in [3.8, 4) is 11.5 Å². The molecule has 1 aliphatic heterocycles. The van der Waals surface area contributed by atoms with Gasteiger partial charge >= 0.3 is 0 Å². The van der Waals surface area contributed by atoms with Gasteiger partial charge in [0.05, 0.1) is 0 Å². The highest BCUT2D eigenvalue weighted by atomic mass is 32.1. The Morgan fingerprint density at radius 3 is 1.88 bits per heavy atom. The summed E-state index contributed by atoms with van der Waals surface area (Å²) in [4.78, 5) is 0. The van der Waals surface area contributed by atoms with Crippen LogP contribution in [0.4, 0.5) is 0 Å². The van der Waals surface area contributed by atoms with Crippen molar-refractivity contribution >= 4 is 13.5 Å². The lowest BCUT2D eigenvalue weighted by atomic mass is 10.4. The SMILES string of the molecule is S.c1ccc2c(c1)O2. The Labute approximate surface area is 54.7 Å². The van der Waals surface area contributed by atoms with Crippen molar-refractivity contribution in [1.29, 1.82) is 0 Å². The van der Waals surface area contributed by atoms with Gasteiger partial charge in [-0.15, -0.1) is 0 Å². The van der Waals surface area contributed by atoms with Gasteiger partial charge in [-0.05, 0) is 12.1 Å². The van der Waals surface area contributed by atoms with Gasteiger partial charge in [-0.2, -0.15) is 13.5 Å². The van der Waals surface area contributed by atoms with Gasteiger partial charge in [0, 0.05) is 0 Å². The molecule has 0 amide bonds. The number of fused-ring (bicyclic) bond motifs is 1. The maximum Gasteiger partial charge on any atom is 0.170 e. The highest BCUT2D eigenvalue weighted by Crippen LogP contribution is 2.43. The molecule has 0 bridgehead atoms. The molecule has 2 rings (SSSR count). The molecule has 42 valence electrons. The van der Waals surface area contributed by atoms with E-state index in [1.54, 1.807) is 0 Å². The molecule has 0 atom stereocenters. The van der Waals surface area contributed by atoms with Crippen LogP contribution in [0.15, 0.2) is 24.3 Å². The molecule has 1 aromatic carbocycles. The number of ether oxygens (including phenoxy) is 1. The molecule has 0 radical (unpaired) electrons. The molecule has 0 aromatic heterocycles. The van der Waals surface area contributed by atoms with E-state index in [2.05, 4.69) is 0 Å². The number of benzene rings is 1. The van der Waals surface area contributed by atoms with Gasteiger partial charge < -0.3 is 4.74 Å². The van der Waals surface area contributed by atoms with Gasteiger partial charge in [0.25, 0.3) is 0 Å². The zero-order valence-electron chi connectivity index (χ0n) is 4.22. The molecular formula is C6H6OS. The molecule has 0 fully saturated rings. The lowest BCUT2D eigenvalue weighted by Crippen LogP contribution is -1.37. The minimum absolute atomic E-state index is 0. The van der Waals surface area contributed by atoms with Gasteiger partial charge in [0.1, 0.15) is 0 Å². The molecule has 0 spiro atoms. The van der Waals surface area contributed by atoms with E-state index >= 15 is 0 Å². The summed E-state index contributed by atoms with van der Waals surface area (Å²) in [5, 5.41) is 0. The van der Waals surface area contributed by atoms with Crippen LogP contribution in [0.5, 0.6) is 11.5 Å². The largest absolute Gasteiger partial charge is 0.450 e. The van der Waals surface area contributed by atoms with Crippen LogP contribution in [-0.4, -0.2) is 0 Å². The Hall–Kier alpha value is -0.630. The van der Waals surface area contributed by atoms with Crippen molar-refractivity contribution in [2.45, 2.75) is 0 Å². The average Bonchev–Trinajstić information content (AvgIpc) is 2.41. The minimum atomic E-state index is 0. The fraction of sp³-hybridized carbons (Fsp3) is 0. The second kappa shape index (κ2) is 1.71. The molecule has 0 saturated heterocycles. The monoisotopic (exact) mass is 126 g/mol. The first kappa shape index (κ1) is 5.51. The standard InChI is InChI=1S/C6H4O.H2S/c1-2-4-6-5(3-1)7-6;/h1-4H;1H2. The van der Waals surface area contributed by atoms with E-state index in [1.807, 2.05) is 24.3 Å². The predicted molar refractivity (Wildman–Crippen MR) is 36.9 cm³/mol. The maximum atomic E-state index is 4.94. The minimum Gasteiger partial charge on any atom is -0.450 e. The molecule has 0 aliphatic carbocycles. The van der Waals surface area contributed by atoms with Gasteiger partial charge in [0.2, 0.25) is 0 Å². The lowest BCUT2D eigenvalue weighted by molar-refractivity contribution is 0.650. The van der Waals surface area contributed by atoms with Gasteiger partial charge in [-0.3, -0.25) is 0 Å². The van der Waals surface area contributed by atoms with Crippen LogP contribution in [0.3, 0.4) is 0 Å². The summed E-state index contributed by atoms with van der Waals surface area (Å²) in [5.74, 6) is 2.06. The van der Waals surface area contributed by atoms with Crippen molar-refractivity contribution in [3.05, 3.63) is 24.3 Å². The van der Waals surface area contributed by atoms with Crippen molar-refractivity contribution < 1.29 is 4.74 Å². The van der Waals surface area contributed by atoms with Gasteiger partial charge in [-0.25, -0.2) is 0 Å². The molecule has 1 aromatic rings. The molecule has 1 nitrogen and oxygen atoms in total. The average molecular weight is 126 g/mol. The van der Waals surface area contributed by atoms with E-state index in [9.17, 15) is 0 Å². The topological polar surface area (TPSA) is 12.5 Å². The van der Waals surface area contributed by atoms with Crippen molar-refractivity contribution in [3.63, 3.8) is 0 Å². The molecule has 1 aliphatic rings.